The Labute approximate surface area is 175 Å². The predicted octanol–water partition coefficient (Wildman–Crippen LogP) is 3.57. The number of amides is 4. The van der Waals surface area contributed by atoms with Gasteiger partial charge in [-0.25, -0.2) is 9.69 Å². The summed E-state index contributed by atoms with van der Waals surface area (Å²) in [5.41, 5.74) is 2.31. The summed E-state index contributed by atoms with van der Waals surface area (Å²) in [7, 11) is 0. The predicted molar refractivity (Wildman–Crippen MR) is 114 cm³/mol. The number of carbonyl (C=O) groups is 3. The van der Waals surface area contributed by atoms with Crippen LogP contribution in [0.25, 0.3) is 0 Å². The summed E-state index contributed by atoms with van der Waals surface area (Å²) in [6, 6.07) is 14.3. The second-order valence-corrected chi connectivity index (χ2v) is 8.57. The van der Waals surface area contributed by atoms with Gasteiger partial charge >= 0.3 is 6.03 Å². The lowest BCUT2D eigenvalue weighted by Crippen LogP contribution is -2.72. The van der Waals surface area contributed by atoms with Crippen LogP contribution >= 0.6 is 0 Å². The number of hydrogen-bond donors (Lipinski definition) is 1. The van der Waals surface area contributed by atoms with Gasteiger partial charge in [0.05, 0.1) is 11.7 Å². The second kappa shape index (κ2) is 6.97. The fraction of sp³-hybridized carbons (Fsp3) is 0.375. The lowest BCUT2D eigenvalue weighted by Gasteiger charge is -2.51. The van der Waals surface area contributed by atoms with Gasteiger partial charge in [-0.2, -0.15) is 0 Å². The molecule has 2 fully saturated rings. The molecule has 2 aromatic rings. The molecule has 0 bridgehead atoms. The Morgan fingerprint density at radius 1 is 0.967 bits per heavy atom. The van der Waals surface area contributed by atoms with Crippen LogP contribution in [0.5, 0.6) is 0 Å². The molecule has 2 saturated heterocycles. The minimum atomic E-state index is -1.31. The molecule has 3 heterocycles. The normalized spacial score (nSPS) is 26.2. The zero-order valence-corrected chi connectivity index (χ0v) is 17.1. The van der Waals surface area contributed by atoms with Gasteiger partial charge in [0.25, 0.3) is 5.91 Å². The topological polar surface area (TPSA) is 69.7 Å². The fourth-order valence-electron chi connectivity index (χ4n) is 5.30. The molecule has 0 unspecified atom stereocenters. The van der Waals surface area contributed by atoms with Crippen molar-refractivity contribution in [3.63, 3.8) is 0 Å². The lowest BCUT2D eigenvalue weighted by molar-refractivity contribution is -0.144. The SMILES string of the molecule is Cc1ccc(N2C(=O)NC(=O)[C@]3(Cc4ccccc4N4CCCCC[C@H]43)C2=O)cc1. The summed E-state index contributed by atoms with van der Waals surface area (Å²) in [5, 5.41) is 2.52. The van der Waals surface area contributed by atoms with Gasteiger partial charge in [-0.3, -0.25) is 14.9 Å². The number of urea groups is 1. The van der Waals surface area contributed by atoms with Crippen molar-refractivity contribution in [2.75, 3.05) is 16.3 Å². The molecule has 0 aromatic heterocycles. The van der Waals surface area contributed by atoms with Gasteiger partial charge in [-0.15, -0.1) is 0 Å². The highest BCUT2D eigenvalue weighted by Crippen LogP contribution is 2.47. The Balaban J connectivity index is 1.66. The number of fused-ring (bicyclic) bond motifs is 4. The molecule has 2 aromatic carbocycles. The van der Waals surface area contributed by atoms with E-state index in [1.54, 1.807) is 12.1 Å². The van der Waals surface area contributed by atoms with E-state index in [2.05, 4.69) is 16.3 Å². The monoisotopic (exact) mass is 403 g/mol. The number of barbiturate groups is 1. The van der Waals surface area contributed by atoms with E-state index in [0.717, 1.165) is 53.9 Å². The summed E-state index contributed by atoms with van der Waals surface area (Å²) in [6.45, 7) is 2.76. The van der Waals surface area contributed by atoms with E-state index in [1.165, 1.54) is 0 Å². The highest BCUT2D eigenvalue weighted by atomic mass is 16.2. The van der Waals surface area contributed by atoms with Gasteiger partial charge in [0, 0.05) is 12.2 Å². The molecule has 6 nitrogen and oxygen atoms in total. The van der Waals surface area contributed by atoms with Gasteiger partial charge < -0.3 is 4.90 Å². The first-order chi connectivity index (χ1) is 14.5. The number of benzene rings is 2. The minimum absolute atomic E-state index is 0.261. The maximum Gasteiger partial charge on any atom is 0.335 e. The first kappa shape index (κ1) is 18.9. The van der Waals surface area contributed by atoms with Gasteiger partial charge in [0.15, 0.2) is 5.41 Å². The molecule has 30 heavy (non-hydrogen) atoms. The van der Waals surface area contributed by atoms with Crippen LogP contribution < -0.4 is 15.1 Å². The average molecular weight is 403 g/mol. The van der Waals surface area contributed by atoms with Gasteiger partial charge in [0.1, 0.15) is 0 Å². The van der Waals surface area contributed by atoms with E-state index in [0.29, 0.717) is 12.1 Å². The fourth-order valence-corrected chi connectivity index (χ4v) is 5.30. The molecular formula is C24H25N3O3. The third kappa shape index (κ3) is 2.66. The van der Waals surface area contributed by atoms with Crippen molar-refractivity contribution in [2.24, 2.45) is 5.41 Å². The number of anilines is 2. The highest BCUT2D eigenvalue weighted by Gasteiger charge is 2.62. The third-order valence-electron chi connectivity index (χ3n) is 6.80. The van der Waals surface area contributed by atoms with Crippen molar-refractivity contribution >= 4 is 29.2 Å². The number of carbonyl (C=O) groups excluding carboxylic acids is 3. The van der Waals surface area contributed by atoms with Crippen LogP contribution in [0.2, 0.25) is 0 Å². The molecule has 3 aliphatic heterocycles. The van der Waals surface area contributed by atoms with Gasteiger partial charge in [0.2, 0.25) is 5.91 Å². The number of imide groups is 2. The van der Waals surface area contributed by atoms with Crippen LogP contribution in [-0.2, 0) is 16.0 Å². The average Bonchev–Trinajstić information content (AvgIpc) is 3.00. The van der Waals surface area contributed by atoms with Crippen LogP contribution in [-0.4, -0.2) is 30.4 Å². The van der Waals surface area contributed by atoms with Gasteiger partial charge in [-0.05, 0) is 49.9 Å². The van der Waals surface area contributed by atoms with Crippen molar-refractivity contribution in [1.29, 1.82) is 0 Å². The molecular weight excluding hydrogens is 378 g/mol. The van der Waals surface area contributed by atoms with Crippen LogP contribution in [0.4, 0.5) is 16.2 Å². The Hall–Kier alpha value is -3.15. The first-order valence-corrected chi connectivity index (χ1v) is 10.6. The van der Waals surface area contributed by atoms with Crippen LogP contribution in [0, 0.1) is 12.3 Å². The molecule has 0 aliphatic carbocycles. The quantitative estimate of drug-likeness (QED) is 0.739. The van der Waals surface area contributed by atoms with Gasteiger partial charge in [-0.1, -0.05) is 48.7 Å². The van der Waals surface area contributed by atoms with Crippen LogP contribution in [0.1, 0.15) is 36.8 Å². The maximum absolute atomic E-state index is 14.0. The first-order valence-electron chi connectivity index (χ1n) is 10.6. The Bertz CT molecular complexity index is 1030. The van der Waals surface area contributed by atoms with E-state index in [9.17, 15) is 14.4 Å². The molecule has 0 radical (unpaired) electrons. The summed E-state index contributed by atoms with van der Waals surface area (Å²) in [4.78, 5) is 43.6. The molecule has 3 aliphatic rings. The number of aryl methyl sites for hydroxylation is 1. The number of hydrogen-bond acceptors (Lipinski definition) is 4. The zero-order chi connectivity index (χ0) is 20.9. The van der Waals surface area contributed by atoms with Crippen molar-refractivity contribution in [3.8, 4) is 0 Å². The van der Waals surface area contributed by atoms with Crippen LogP contribution in [0.3, 0.4) is 0 Å². The Kier molecular flexibility index (Phi) is 4.38. The van der Waals surface area contributed by atoms with E-state index >= 15 is 0 Å². The van der Waals surface area contributed by atoms with Crippen molar-refractivity contribution in [3.05, 3.63) is 59.7 Å². The lowest BCUT2D eigenvalue weighted by atomic mass is 9.67. The van der Waals surface area contributed by atoms with E-state index < -0.39 is 23.3 Å². The minimum Gasteiger partial charge on any atom is -0.367 e. The highest BCUT2D eigenvalue weighted by molar-refractivity contribution is 6.30. The molecule has 0 saturated carbocycles. The largest absolute Gasteiger partial charge is 0.367 e. The van der Waals surface area contributed by atoms with E-state index in [4.69, 9.17) is 0 Å². The second-order valence-electron chi connectivity index (χ2n) is 8.57. The van der Waals surface area contributed by atoms with E-state index in [1.807, 2.05) is 37.3 Å². The summed E-state index contributed by atoms with van der Waals surface area (Å²) in [5.74, 6) is -0.876. The molecule has 5 rings (SSSR count). The molecule has 4 amide bonds. The van der Waals surface area contributed by atoms with Crippen molar-refractivity contribution in [1.82, 2.24) is 5.32 Å². The summed E-state index contributed by atoms with van der Waals surface area (Å²) < 4.78 is 0. The summed E-state index contributed by atoms with van der Waals surface area (Å²) >= 11 is 0. The van der Waals surface area contributed by atoms with Crippen molar-refractivity contribution < 1.29 is 14.4 Å². The molecule has 6 heteroatoms. The number of nitrogens with one attached hydrogen (secondary N) is 1. The maximum atomic E-state index is 14.0. The third-order valence-corrected chi connectivity index (χ3v) is 6.80. The van der Waals surface area contributed by atoms with E-state index in [-0.39, 0.29) is 6.04 Å². The molecule has 154 valence electrons. The number of rotatable bonds is 1. The molecule has 1 spiro atoms. The van der Waals surface area contributed by atoms with Crippen molar-refractivity contribution in [2.45, 2.75) is 45.1 Å². The number of nitrogens with zero attached hydrogens (tertiary/aromatic N) is 2. The number of para-hydroxylation sites is 1. The zero-order valence-electron chi connectivity index (χ0n) is 17.1. The summed E-state index contributed by atoms with van der Waals surface area (Å²) in [6.07, 6.45) is 4.12. The Morgan fingerprint density at radius 3 is 2.53 bits per heavy atom. The molecule has 1 N–H and O–H groups in total. The standard InChI is InChI=1S/C24H25N3O3/c1-16-10-12-18(13-11-16)27-22(29)24(21(28)25-23(27)30)15-17-7-4-5-8-19(17)26-14-6-2-3-9-20(24)26/h4-5,7-8,10-13,20H,2-3,6,9,14-15H2,1H3,(H,25,28,30)/t20-,24+/m0/s1. The smallest absolute Gasteiger partial charge is 0.335 e. The Morgan fingerprint density at radius 2 is 1.73 bits per heavy atom. The van der Waals surface area contributed by atoms with Crippen LogP contribution in [0.15, 0.2) is 48.5 Å². The molecule has 2 atom stereocenters.